The van der Waals surface area contributed by atoms with Crippen LogP contribution in [-0.2, 0) is 14.3 Å². The number of nitrogens with zero attached hydrogens (tertiary/aromatic N) is 2. The Kier molecular flexibility index (Phi) is 5.92. The van der Waals surface area contributed by atoms with E-state index in [1.807, 2.05) is 20.8 Å². The maximum atomic E-state index is 13.0. The number of carbonyl (C=O) groups is 3. The zero-order valence-corrected chi connectivity index (χ0v) is 19.5. The van der Waals surface area contributed by atoms with Gasteiger partial charge in [0.25, 0.3) is 0 Å². The van der Waals surface area contributed by atoms with Crippen LogP contribution in [0.2, 0.25) is 0 Å². The fraction of sp³-hybridized carbons (Fsp3) is 0.792. The molecule has 1 aliphatic heterocycles. The molecule has 8 heteroatoms. The van der Waals surface area contributed by atoms with Crippen molar-refractivity contribution in [1.29, 1.82) is 0 Å². The van der Waals surface area contributed by atoms with Crippen molar-refractivity contribution in [2.24, 2.45) is 28.9 Å². The number of nitrogens with two attached hydrogens (primary N) is 1. The lowest BCUT2D eigenvalue weighted by molar-refractivity contribution is -0.161. The summed E-state index contributed by atoms with van der Waals surface area (Å²) in [5, 5.41) is 0. The van der Waals surface area contributed by atoms with Crippen LogP contribution in [0.3, 0.4) is 0 Å². The van der Waals surface area contributed by atoms with Gasteiger partial charge in [-0.15, -0.1) is 6.58 Å². The van der Waals surface area contributed by atoms with Crippen LogP contribution in [-0.4, -0.2) is 65.3 Å². The van der Waals surface area contributed by atoms with Gasteiger partial charge in [0.15, 0.2) is 0 Å². The summed E-state index contributed by atoms with van der Waals surface area (Å²) in [7, 11) is 0. The molecule has 0 aromatic heterocycles. The van der Waals surface area contributed by atoms with Crippen molar-refractivity contribution in [3.8, 4) is 0 Å². The molecule has 2 N–H and O–H groups in total. The molecule has 0 spiro atoms. The van der Waals surface area contributed by atoms with Crippen molar-refractivity contribution >= 4 is 18.1 Å². The lowest BCUT2D eigenvalue weighted by Gasteiger charge is -2.58. The standard InChI is InChI=1S/C24H37N3O5/c1-5-7-27(22(30)32-23(2,3)4)18-6-8-26(14-18)21(29)31-19-16-9-15-10-17(19)13-24(11-15,12-16)20(25)28/h5,15-19H,1,6-14H2,2-4H3,(H2,25,28)/t15?,16?,17?,18-,19?,24?/m1/s1. The molecular formula is C24H37N3O5. The van der Waals surface area contributed by atoms with Crippen LogP contribution in [0.4, 0.5) is 9.59 Å². The summed E-state index contributed by atoms with van der Waals surface area (Å²) in [6.07, 6.45) is 5.89. The molecule has 3 amide bonds. The molecule has 0 aromatic rings. The van der Waals surface area contributed by atoms with Crippen molar-refractivity contribution in [1.82, 2.24) is 9.80 Å². The van der Waals surface area contributed by atoms with E-state index in [1.54, 1.807) is 15.9 Å². The Labute approximate surface area is 190 Å². The third kappa shape index (κ3) is 4.33. The van der Waals surface area contributed by atoms with E-state index in [2.05, 4.69) is 6.58 Å². The van der Waals surface area contributed by atoms with Crippen LogP contribution in [0.25, 0.3) is 0 Å². The van der Waals surface area contributed by atoms with Crippen molar-refractivity contribution < 1.29 is 23.9 Å². The number of carbonyl (C=O) groups excluding carboxylic acids is 3. The zero-order chi connectivity index (χ0) is 23.3. The van der Waals surface area contributed by atoms with Crippen molar-refractivity contribution in [2.45, 2.75) is 77.0 Å². The third-order valence-electron chi connectivity index (χ3n) is 7.76. The number of hydrogen-bond acceptors (Lipinski definition) is 5. The molecular weight excluding hydrogens is 410 g/mol. The molecule has 4 saturated carbocycles. The molecule has 8 nitrogen and oxygen atoms in total. The quantitative estimate of drug-likeness (QED) is 0.652. The van der Waals surface area contributed by atoms with E-state index in [0.717, 1.165) is 32.1 Å². The van der Waals surface area contributed by atoms with Gasteiger partial charge >= 0.3 is 12.2 Å². The maximum absolute atomic E-state index is 13.0. The Hall–Kier alpha value is -2.25. The molecule has 0 radical (unpaired) electrons. The fourth-order valence-electron chi connectivity index (χ4n) is 6.66. The SMILES string of the molecule is C=CCN(C(=O)OC(C)(C)C)[C@@H]1CCN(C(=O)OC2C3CC4CC2CC(C(N)=O)(C4)C3)C1. The van der Waals surface area contributed by atoms with E-state index in [1.165, 1.54) is 0 Å². The monoisotopic (exact) mass is 447 g/mol. The Morgan fingerprint density at radius 3 is 2.41 bits per heavy atom. The van der Waals surface area contributed by atoms with Gasteiger partial charge in [0, 0.05) is 19.6 Å². The first-order valence-electron chi connectivity index (χ1n) is 11.9. The minimum atomic E-state index is -0.588. The molecule has 1 heterocycles. The van der Waals surface area contributed by atoms with Crippen molar-refractivity contribution in [3.63, 3.8) is 0 Å². The summed E-state index contributed by atoms with van der Waals surface area (Å²) in [4.78, 5) is 41.2. The van der Waals surface area contributed by atoms with Gasteiger partial charge in [-0.3, -0.25) is 9.69 Å². The molecule has 3 atom stereocenters. The number of amides is 3. The largest absolute Gasteiger partial charge is 0.446 e. The number of primary amides is 1. The van der Waals surface area contributed by atoms with Crippen LogP contribution in [0, 0.1) is 23.2 Å². The third-order valence-corrected chi connectivity index (χ3v) is 7.76. The van der Waals surface area contributed by atoms with Crippen molar-refractivity contribution in [2.75, 3.05) is 19.6 Å². The van der Waals surface area contributed by atoms with Crippen molar-refractivity contribution in [3.05, 3.63) is 12.7 Å². The highest BCUT2D eigenvalue weighted by atomic mass is 16.6. The normalized spacial score (nSPS) is 35.5. The minimum Gasteiger partial charge on any atom is -0.446 e. The van der Waals surface area contributed by atoms with E-state index < -0.39 is 17.1 Å². The Morgan fingerprint density at radius 1 is 1.19 bits per heavy atom. The van der Waals surface area contributed by atoms with Gasteiger partial charge in [0.2, 0.25) is 5.91 Å². The average Bonchev–Trinajstić information content (AvgIpc) is 3.16. The van der Waals surface area contributed by atoms with Gasteiger partial charge in [0.1, 0.15) is 11.7 Å². The highest BCUT2D eigenvalue weighted by Crippen LogP contribution is 2.60. The Bertz CT molecular complexity index is 775. The highest BCUT2D eigenvalue weighted by Gasteiger charge is 2.59. The van der Waals surface area contributed by atoms with Gasteiger partial charge in [-0.05, 0) is 77.0 Å². The second-order valence-corrected chi connectivity index (χ2v) is 11.3. The molecule has 0 aromatic carbocycles. The first kappa shape index (κ1) is 22.9. The minimum absolute atomic E-state index is 0.132. The Balaban J connectivity index is 1.37. The predicted molar refractivity (Wildman–Crippen MR) is 119 cm³/mol. The second-order valence-electron chi connectivity index (χ2n) is 11.3. The van der Waals surface area contributed by atoms with Crippen LogP contribution < -0.4 is 5.73 Å². The van der Waals surface area contributed by atoms with Gasteiger partial charge in [-0.2, -0.15) is 0 Å². The lowest BCUT2D eigenvalue weighted by atomic mass is 9.48. The van der Waals surface area contributed by atoms with Crippen LogP contribution in [0.5, 0.6) is 0 Å². The van der Waals surface area contributed by atoms with Crippen LogP contribution in [0.1, 0.15) is 59.3 Å². The number of ether oxygens (including phenoxy) is 2. The summed E-state index contributed by atoms with van der Waals surface area (Å²) in [6, 6.07) is -0.132. The zero-order valence-electron chi connectivity index (χ0n) is 19.5. The first-order chi connectivity index (χ1) is 15.0. The van der Waals surface area contributed by atoms with Gasteiger partial charge in [0.05, 0.1) is 11.5 Å². The summed E-state index contributed by atoms with van der Waals surface area (Å²) in [6.45, 7) is 10.6. The smallest absolute Gasteiger partial charge is 0.410 e. The lowest BCUT2D eigenvalue weighted by Crippen LogP contribution is -2.59. The van der Waals surface area contributed by atoms with E-state index in [4.69, 9.17) is 15.2 Å². The highest BCUT2D eigenvalue weighted by molar-refractivity contribution is 5.81. The van der Waals surface area contributed by atoms with E-state index >= 15 is 0 Å². The van der Waals surface area contributed by atoms with Gasteiger partial charge < -0.3 is 20.1 Å². The molecule has 4 aliphatic carbocycles. The molecule has 5 aliphatic rings. The molecule has 32 heavy (non-hydrogen) atoms. The molecule has 1 saturated heterocycles. The van der Waals surface area contributed by atoms with E-state index in [0.29, 0.717) is 32.0 Å². The maximum Gasteiger partial charge on any atom is 0.410 e. The predicted octanol–water partition coefficient (Wildman–Crippen LogP) is 3.30. The average molecular weight is 448 g/mol. The summed E-state index contributed by atoms with van der Waals surface area (Å²) in [5.41, 5.74) is 4.78. The van der Waals surface area contributed by atoms with Crippen LogP contribution in [0.15, 0.2) is 12.7 Å². The number of hydrogen-bond donors (Lipinski definition) is 1. The topological polar surface area (TPSA) is 102 Å². The summed E-state index contributed by atoms with van der Waals surface area (Å²) < 4.78 is 11.6. The van der Waals surface area contributed by atoms with Gasteiger partial charge in [-0.1, -0.05) is 6.08 Å². The Morgan fingerprint density at radius 2 is 1.84 bits per heavy atom. The molecule has 4 bridgehead atoms. The molecule has 178 valence electrons. The second kappa shape index (κ2) is 8.27. The fourth-order valence-corrected chi connectivity index (χ4v) is 6.66. The van der Waals surface area contributed by atoms with E-state index in [9.17, 15) is 14.4 Å². The molecule has 5 rings (SSSR count). The summed E-state index contributed by atoms with van der Waals surface area (Å²) >= 11 is 0. The molecule has 2 unspecified atom stereocenters. The summed E-state index contributed by atoms with van der Waals surface area (Å²) in [5.74, 6) is 0.770. The molecule has 5 fully saturated rings. The first-order valence-corrected chi connectivity index (χ1v) is 11.9. The van der Waals surface area contributed by atoms with Crippen LogP contribution >= 0.6 is 0 Å². The van der Waals surface area contributed by atoms with Gasteiger partial charge in [-0.25, -0.2) is 9.59 Å². The number of rotatable bonds is 5. The number of likely N-dealkylation sites (tertiary alicyclic amines) is 1. The van der Waals surface area contributed by atoms with E-state index in [-0.39, 0.29) is 36.0 Å².